The van der Waals surface area contributed by atoms with Crippen LogP contribution in [-0.4, -0.2) is 4.57 Å². The molecule has 0 saturated heterocycles. The van der Waals surface area contributed by atoms with Gasteiger partial charge >= 0.3 is 0 Å². The number of hydrogen-bond donors (Lipinski definition) is 0. The molecule has 0 aliphatic heterocycles. The molecule has 0 N–H and O–H groups in total. The van der Waals surface area contributed by atoms with E-state index in [1.54, 1.807) is 0 Å². The summed E-state index contributed by atoms with van der Waals surface area (Å²) in [6.07, 6.45) is 0. The molecule has 55 heavy (non-hydrogen) atoms. The molecule has 11 aromatic rings. The van der Waals surface area contributed by atoms with Crippen molar-refractivity contribution in [2.75, 3.05) is 4.90 Å². The van der Waals surface area contributed by atoms with Crippen LogP contribution in [0.15, 0.2) is 211 Å². The maximum absolute atomic E-state index is 6.67. The van der Waals surface area contributed by atoms with Crippen molar-refractivity contribution in [2.24, 2.45) is 0 Å². The summed E-state index contributed by atoms with van der Waals surface area (Å²) in [4.78, 5) is 2.41. The second kappa shape index (κ2) is 12.6. The predicted octanol–water partition coefficient (Wildman–Crippen LogP) is 14.6. The van der Waals surface area contributed by atoms with Gasteiger partial charge in [0.05, 0.1) is 16.7 Å². The molecule has 0 radical (unpaired) electrons. The second-order valence-corrected chi connectivity index (χ2v) is 14.1. The van der Waals surface area contributed by atoms with Gasteiger partial charge in [0.15, 0.2) is 0 Å². The Bertz CT molecular complexity index is 3190. The summed E-state index contributed by atoms with van der Waals surface area (Å²) in [6.45, 7) is 0. The van der Waals surface area contributed by atoms with E-state index in [1.165, 1.54) is 32.8 Å². The maximum Gasteiger partial charge on any atom is 0.143 e. The molecule has 2 aromatic heterocycles. The highest BCUT2D eigenvalue weighted by Crippen LogP contribution is 2.47. The number of para-hydroxylation sites is 3. The normalized spacial score (nSPS) is 11.6. The molecule has 11 rings (SSSR count). The van der Waals surface area contributed by atoms with E-state index in [2.05, 4.69) is 216 Å². The van der Waals surface area contributed by atoms with E-state index in [-0.39, 0.29) is 0 Å². The Morgan fingerprint density at radius 2 is 1.04 bits per heavy atom. The van der Waals surface area contributed by atoms with Crippen molar-refractivity contribution in [3.63, 3.8) is 0 Å². The van der Waals surface area contributed by atoms with Crippen molar-refractivity contribution in [3.8, 4) is 27.9 Å². The highest BCUT2D eigenvalue weighted by Gasteiger charge is 2.22. The highest BCUT2D eigenvalue weighted by atomic mass is 16.3. The lowest BCUT2D eigenvalue weighted by molar-refractivity contribution is 0.673. The SMILES string of the molecule is c1ccc(-c2ccc(N(c3ccc4c5ccccc5n(-c5ccccc5)c4c3)c3ccccc3-c3cccc4oc5c6ccccc6ccc5c34)cc2)cc1. The number of benzene rings is 9. The van der Waals surface area contributed by atoms with Crippen LogP contribution in [0.2, 0.25) is 0 Å². The van der Waals surface area contributed by atoms with E-state index in [1.807, 2.05) is 0 Å². The Morgan fingerprint density at radius 3 is 1.89 bits per heavy atom. The van der Waals surface area contributed by atoms with Gasteiger partial charge in [-0.2, -0.15) is 0 Å². The molecule has 0 amide bonds. The average Bonchev–Trinajstić information content (AvgIpc) is 3.81. The third-order valence-corrected chi connectivity index (χ3v) is 11.0. The predicted molar refractivity (Wildman–Crippen MR) is 231 cm³/mol. The molecular formula is C52H34N2O. The summed E-state index contributed by atoms with van der Waals surface area (Å²) in [5.74, 6) is 0. The van der Waals surface area contributed by atoms with E-state index < -0.39 is 0 Å². The molecule has 0 spiro atoms. The molecule has 0 fully saturated rings. The zero-order valence-electron chi connectivity index (χ0n) is 29.9. The average molecular weight is 703 g/mol. The fourth-order valence-electron chi connectivity index (χ4n) is 8.49. The number of fused-ring (bicyclic) bond motifs is 8. The number of furan rings is 1. The molecule has 0 saturated carbocycles. The minimum atomic E-state index is 0.881. The Hall–Kier alpha value is -7.36. The van der Waals surface area contributed by atoms with Crippen molar-refractivity contribution in [1.82, 2.24) is 4.57 Å². The molecule has 2 heterocycles. The second-order valence-electron chi connectivity index (χ2n) is 14.1. The van der Waals surface area contributed by atoms with Crippen LogP contribution in [-0.2, 0) is 0 Å². The number of nitrogens with zero attached hydrogens (tertiary/aromatic N) is 2. The van der Waals surface area contributed by atoms with Crippen LogP contribution in [0.3, 0.4) is 0 Å². The lowest BCUT2D eigenvalue weighted by Gasteiger charge is -2.28. The van der Waals surface area contributed by atoms with Gasteiger partial charge in [-0.25, -0.2) is 0 Å². The van der Waals surface area contributed by atoms with Crippen LogP contribution in [0.25, 0.3) is 82.5 Å². The Balaban J connectivity index is 1.17. The minimum absolute atomic E-state index is 0.881. The third kappa shape index (κ3) is 5.05. The maximum atomic E-state index is 6.67. The van der Waals surface area contributed by atoms with E-state index in [0.717, 1.165) is 66.7 Å². The van der Waals surface area contributed by atoms with Gasteiger partial charge in [-0.15, -0.1) is 0 Å². The van der Waals surface area contributed by atoms with E-state index >= 15 is 0 Å². The zero-order chi connectivity index (χ0) is 36.3. The zero-order valence-corrected chi connectivity index (χ0v) is 29.9. The largest absolute Gasteiger partial charge is 0.455 e. The Morgan fingerprint density at radius 1 is 0.400 bits per heavy atom. The van der Waals surface area contributed by atoms with Gasteiger partial charge in [0, 0.05) is 49.6 Å². The molecule has 3 heteroatoms. The summed E-state index contributed by atoms with van der Waals surface area (Å²) in [5.41, 5.74) is 13.1. The van der Waals surface area contributed by atoms with Crippen LogP contribution in [0.5, 0.6) is 0 Å². The van der Waals surface area contributed by atoms with Crippen molar-refractivity contribution in [1.29, 1.82) is 0 Å². The van der Waals surface area contributed by atoms with Crippen molar-refractivity contribution >= 4 is 71.6 Å². The summed E-state index contributed by atoms with van der Waals surface area (Å²) >= 11 is 0. The number of anilines is 3. The van der Waals surface area contributed by atoms with Gasteiger partial charge < -0.3 is 13.9 Å². The van der Waals surface area contributed by atoms with Crippen molar-refractivity contribution in [3.05, 3.63) is 206 Å². The monoisotopic (exact) mass is 702 g/mol. The molecule has 0 atom stereocenters. The third-order valence-electron chi connectivity index (χ3n) is 11.0. The van der Waals surface area contributed by atoms with Gasteiger partial charge in [0.25, 0.3) is 0 Å². The van der Waals surface area contributed by atoms with Gasteiger partial charge in [0.2, 0.25) is 0 Å². The fourth-order valence-corrected chi connectivity index (χ4v) is 8.49. The number of aromatic nitrogens is 1. The molecule has 0 aliphatic carbocycles. The lowest BCUT2D eigenvalue weighted by atomic mass is 9.96. The first kappa shape index (κ1) is 31.2. The summed E-state index contributed by atoms with van der Waals surface area (Å²) in [6, 6.07) is 73.9. The van der Waals surface area contributed by atoms with E-state index in [0.29, 0.717) is 0 Å². The van der Waals surface area contributed by atoms with Gasteiger partial charge in [-0.1, -0.05) is 146 Å². The molecule has 0 unspecified atom stereocenters. The minimum Gasteiger partial charge on any atom is -0.455 e. The van der Waals surface area contributed by atoms with E-state index in [4.69, 9.17) is 4.42 Å². The van der Waals surface area contributed by atoms with Crippen molar-refractivity contribution < 1.29 is 4.42 Å². The summed E-state index contributed by atoms with van der Waals surface area (Å²) in [7, 11) is 0. The van der Waals surface area contributed by atoms with Gasteiger partial charge in [-0.05, 0) is 82.7 Å². The first-order chi connectivity index (χ1) is 27.3. The molecular weight excluding hydrogens is 669 g/mol. The number of hydrogen-bond acceptors (Lipinski definition) is 2. The van der Waals surface area contributed by atoms with Crippen molar-refractivity contribution in [2.45, 2.75) is 0 Å². The first-order valence-electron chi connectivity index (χ1n) is 18.8. The van der Waals surface area contributed by atoms with Crippen LogP contribution in [0, 0.1) is 0 Å². The van der Waals surface area contributed by atoms with Crippen LogP contribution < -0.4 is 4.90 Å². The molecule has 0 aliphatic rings. The van der Waals surface area contributed by atoms with Crippen LogP contribution >= 0.6 is 0 Å². The summed E-state index contributed by atoms with van der Waals surface area (Å²) < 4.78 is 9.06. The standard InChI is InChI=1S/C52H34N2O/c1-3-14-35(15-4-1)36-26-29-39(30-27-36)53(40-31-33-44-42-20-9-12-24-48(42)54(49(44)34-40)38-17-5-2-6-18-38)47-23-11-10-21-43(47)45-22-13-25-50-51(45)46-32-28-37-16-7-8-19-41(37)52(46)55-50/h1-34H. The summed E-state index contributed by atoms with van der Waals surface area (Å²) in [5, 5.41) is 6.99. The van der Waals surface area contributed by atoms with Gasteiger partial charge in [-0.3, -0.25) is 0 Å². The van der Waals surface area contributed by atoms with Crippen LogP contribution in [0.4, 0.5) is 17.1 Å². The quantitative estimate of drug-likeness (QED) is 0.172. The number of rotatable bonds is 6. The van der Waals surface area contributed by atoms with E-state index in [9.17, 15) is 0 Å². The Labute approximate surface area is 318 Å². The smallest absolute Gasteiger partial charge is 0.143 e. The molecule has 9 aromatic carbocycles. The topological polar surface area (TPSA) is 21.3 Å². The first-order valence-corrected chi connectivity index (χ1v) is 18.8. The van der Waals surface area contributed by atoms with Crippen LogP contribution in [0.1, 0.15) is 0 Å². The highest BCUT2D eigenvalue weighted by molar-refractivity contribution is 6.20. The Kier molecular flexibility index (Phi) is 7.17. The van der Waals surface area contributed by atoms with Gasteiger partial charge in [0.1, 0.15) is 11.2 Å². The molecule has 3 nitrogen and oxygen atoms in total. The molecule has 258 valence electrons. The molecule has 0 bridgehead atoms. The fraction of sp³-hybridized carbons (Fsp3) is 0. The lowest BCUT2D eigenvalue weighted by Crippen LogP contribution is -2.11.